The second-order valence-corrected chi connectivity index (χ2v) is 9.07. The Morgan fingerprint density at radius 3 is 2.52 bits per heavy atom. The van der Waals surface area contributed by atoms with Crippen molar-refractivity contribution in [2.75, 3.05) is 19.8 Å². The number of hydrogen-bond acceptors (Lipinski definition) is 6. The van der Waals surface area contributed by atoms with Crippen molar-refractivity contribution in [2.24, 2.45) is 0 Å². The van der Waals surface area contributed by atoms with E-state index in [4.69, 9.17) is 4.74 Å². The van der Waals surface area contributed by atoms with E-state index in [0.29, 0.717) is 25.9 Å². The Hall–Kier alpha value is -1.41. The predicted octanol–water partition coefficient (Wildman–Crippen LogP) is 1.93. The lowest BCUT2D eigenvalue weighted by Gasteiger charge is -2.15. The molecule has 0 radical (unpaired) electrons. The largest absolute Gasteiger partial charge is 0.372 e. The molecule has 1 atom stereocenters. The van der Waals surface area contributed by atoms with Gasteiger partial charge in [-0.1, -0.05) is 13.8 Å². The highest BCUT2D eigenvalue weighted by atomic mass is 32.2. The van der Waals surface area contributed by atoms with Crippen molar-refractivity contribution < 1.29 is 23.9 Å². The molecule has 1 N–H and O–H groups in total. The molecule has 1 unspecified atom stereocenters. The van der Waals surface area contributed by atoms with E-state index in [1.165, 1.54) is 16.7 Å². The molecule has 1 rings (SSSR count). The molecule has 1 aliphatic heterocycles. The maximum Gasteiger partial charge on any atom is 0.246 e. The number of hydrogen-bond donors (Lipinski definition) is 1. The number of likely N-dealkylation sites (tertiary alicyclic amines) is 1. The summed E-state index contributed by atoms with van der Waals surface area (Å²) in [6.07, 6.45) is 2.18. The van der Waals surface area contributed by atoms with Gasteiger partial charge in [0.2, 0.25) is 17.7 Å². The minimum Gasteiger partial charge on any atom is -0.372 e. The normalized spacial score (nSPS) is 17.3. The summed E-state index contributed by atoms with van der Waals surface area (Å²) in [4.78, 5) is 48.8. The Balaban J connectivity index is 2.14. The van der Waals surface area contributed by atoms with Crippen molar-refractivity contribution in [3.63, 3.8) is 0 Å². The summed E-state index contributed by atoms with van der Waals surface area (Å²) >= 11 is 1.50. The summed E-state index contributed by atoms with van der Waals surface area (Å²) in [5, 5.41) is 2.71. The number of thioether (sulfide) groups is 1. The molecule has 8 heteroatoms. The second kappa shape index (κ2) is 12.1. The van der Waals surface area contributed by atoms with Crippen molar-refractivity contribution in [1.82, 2.24) is 10.2 Å². The smallest absolute Gasteiger partial charge is 0.246 e. The van der Waals surface area contributed by atoms with E-state index in [1.807, 2.05) is 27.7 Å². The Bertz CT molecular complexity index is 536. The molecule has 0 aromatic heterocycles. The molecule has 1 heterocycles. The van der Waals surface area contributed by atoms with Crippen LogP contribution in [0.2, 0.25) is 0 Å². The van der Waals surface area contributed by atoms with Gasteiger partial charge in [0.25, 0.3) is 0 Å². The molecule has 1 fully saturated rings. The van der Waals surface area contributed by atoms with E-state index >= 15 is 0 Å². The summed E-state index contributed by atoms with van der Waals surface area (Å²) in [6, 6.07) is 0.0901. The first-order chi connectivity index (χ1) is 12.7. The van der Waals surface area contributed by atoms with Crippen LogP contribution in [0.3, 0.4) is 0 Å². The summed E-state index contributed by atoms with van der Waals surface area (Å²) < 4.78 is 5.27. The van der Waals surface area contributed by atoms with Gasteiger partial charge in [0, 0.05) is 38.5 Å². The van der Waals surface area contributed by atoms with Gasteiger partial charge >= 0.3 is 0 Å². The first-order valence-corrected chi connectivity index (χ1v) is 10.5. The van der Waals surface area contributed by atoms with E-state index in [0.717, 1.165) is 0 Å². The molecule has 27 heavy (non-hydrogen) atoms. The minimum atomic E-state index is -0.308. The SMILES string of the molecule is CC(C)NC(=O)COCCCCC(=O)CCN1C(=O)CC(SC(C)C)C1=O. The predicted molar refractivity (Wildman–Crippen MR) is 105 cm³/mol. The van der Waals surface area contributed by atoms with Crippen LogP contribution >= 0.6 is 11.8 Å². The van der Waals surface area contributed by atoms with Crippen molar-refractivity contribution in [3.05, 3.63) is 0 Å². The highest BCUT2D eigenvalue weighted by Gasteiger charge is 2.38. The van der Waals surface area contributed by atoms with Crippen LogP contribution in [0.1, 0.15) is 59.8 Å². The van der Waals surface area contributed by atoms with Crippen molar-refractivity contribution in [3.8, 4) is 0 Å². The Morgan fingerprint density at radius 1 is 1.19 bits per heavy atom. The maximum absolute atomic E-state index is 12.2. The van der Waals surface area contributed by atoms with Crippen LogP contribution in [0.4, 0.5) is 0 Å². The Morgan fingerprint density at radius 2 is 1.89 bits per heavy atom. The highest BCUT2D eigenvalue weighted by Crippen LogP contribution is 2.28. The third kappa shape index (κ3) is 9.37. The number of nitrogens with zero attached hydrogens (tertiary/aromatic N) is 1. The fraction of sp³-hybridized carbons (Fsp3) is 0.789. The lowest BCUT2D eigenvalue weighted by atomic mass is 10.1. The number of imide groups is 1. The summed E-state index contributed by atoms with van der Waals surface area (Å²) in [5.41, 5.74) is 0. The number of carbonyl (C=O) groups excluding carboxylic acids is 4. The first kappa shape index (κ1) is 23.6. The van der Waals surface area contributed by atoms with Crippen LogP contribution in [-0.4, -0.2) is 64.7 Å². The molecule has 1 saturated heterocycles. The van der Waals surface area contributed by atoms with Gasteiger partial charge < -0.3 is 10.1 Å². The van der Waals surface area contributed by atoms with E-state index in [2.05, 4.69) is 5.32 Å². The zero-order valence-electron chi connectivity index (χ0n) is 16.8. The highest BCUT2D eigenvalue weighted by molar-refractivity contribution is 8.01. The third-order valence-corrected chi connectivity index (χ3v) is 5.17. The molecule has 1 aliphatic rings. The number of amides is 3. The van der Waals surface area contributed by atoms with Gasteiger partial charge in [-0.2, -0.15) is 0 Å². The maximum atomic E-state index is 12.2. The topological polar surface area (TPSA) is 92.8 Å². The molecule has 0 aromatic rings. The first-order valence-electron chi connectivity index (χ1n) is 9.59. The summed E-state index contributed by atoms with van der Waals surface area (Å²) in [7, 11) is 0. The Kier molecular flexibility index (Phi) is 10.6. The van der Waals surface area contributed by atoms with Gasteiger partial charge in [-0.05, 0) is 31.9 Å². The van der Waals surface area contributed by atoms with Crippen molar-refractivity contribution in [2.45, 2.75) is 76.3 Å². The number of Topliss-reactive ketones (excluding diaryl/α,β-unsaturated/α-hetero) is 1. The lowest BCUT2D eigenvalue weighted by molar-refractivity contribution is -0.138. The van der Waals surface area contributed by atoms with Gasteiger partial charge in [0.15, 0.2) is 0 Å². The average Bonchev–Trinajstić information content (AvgIpc) is 2.81. The summed E-state index contributed by atoms with van der Waals surface area (Å²) in [5.74, 6) is -0.457. The molecule has 0 aliphatic carbocycles. The zero-order valence-corrected chi connectivity index (χ0v) is 17.6. The van der Waals surface area contributed by atoms with E-state index < -0.39 is 0 Å². The monoisotopic (exact) mass is 400 g/mol. The van der Waals surface area contributed by atoms with Crippen LogP contribution in [0.25, 0.3) is 0 Å². The van der Waals surface area contributed by atoms with Gasteiger partial charge in [0.05, 0.1) is 5.25 Å². The standard InChI is InChI=1S/C19H32N2O5S/c1-13(2)20-17(23)12-26-10-6-5-7-15(22)8-9-21-18(24)11-16(19(21)25)27-14(3)4/h13-14,16H,5-12H2,1-4H3,(H,20,23). The van der Waals surface area contributed by atoms with Gasteiger partial charge in [-0.15, -0.1) is 11.8 Å². The minimum absolute atomic E-state index is 0.0286. The average molecular weight is 401 g/mol. The molecule has 0 saturated carbocycles. The van der Waals surface area contributed by atoms with Crippen LogP contribution in [0.15, 0.2) is 0 Å². The van der Waals surface area contributed by atoms with E-state index in [9.17, 15) is 19.2 Å². The van der Waals surface area contributed by atoms with E-state index in [1.54, 1.807) is 0 Å². The number of ketones is 1. The molecule has 0 bridgehead atoms. The van der Waals surface area contributed by atoms with Gasteiger partial charge in [0.1, 0.15) is 12.4 Å². The number of nitrogens with one attached hydrogen (secondary N) is 1. The Labute approximate surface area is 165 Å². The quantitative estimate of drug-likeness (QED) is 0.375. The van der Waals surface area contributed by atoms with Gasteiger partial charge in [-0.3, -0.25) is 24.1 Å². The molecule has 7 nitrogen and oxygen atoms in total. The molecule has 154 valence electrons. The summed E-state index contributed by atoms with van der Waals surface area (Å²) in [6.45, 7) is 8.39. The van der Waals surface area contributed by atoms with Crippen LogP contribution in [0.5, 0.6) is 0 Å². The zero-order chi connectivity index (χ0) is 20.4. The number of rotatable bonds is 13. The number of unbranched alkanes of at least 4 members (excludes halogenated alkanes) is 1. The lowest BCUT2D eigenvalue weighted by Crippen LogP contribution is -2.33. The number of carbonyl (C=O) groups is 4. The fourth-order valence-corrected chi connectivity index (χ4v) is 3.88. The van der Waals surface area contributed by atoms with Crippen molar-refractivity contribution in [1.29, 1.82) is 0 Å². The third-order valence-electron chi connectivity index (χ3n) is 3.93. The van der Waals surface area contributed by atoms with Crippen molar-refractivity contribution >= 4 is 35.3 Å². The second-order valence-electron chi connectivity index (χ2n) is 7.28. The number of ether oxygens (including phenoxy) is 1. The molecular formula is C19H32N2O5S. The molecule has 0 spiro atoms. The fourth-order valence-electron chi connectivity index (χ4n) is 2.74. The van der Waals surface area contributed by atoms with Crippen LogP contribution < -0.4 is 5.32 Å². The van der Waals surface area contributed by atoms with E-state index in [-0.39, 0.29) is 66.0 Å². The molecule has 3 amide bonds. The molecule has 0 aromatic carbocycles. The van der Waals surface area contributed by atoms with Gasteiger partial charge in [-0.25, -0.2) is 0 Å². The molecular weight excluding hydrogens is 368 g/mol. The van der Waals surface area contributed by atoms with Crippen LogP contribution in [0, 0.1) is 0 Å². The van der Waals surface area contributed by atoms with Crippen LogP contribution in [-0.2, 0) is 23.9 Å².